The number of rotatable bonds is 4. The van der Waals surface area contributed by atoms with E-state index in [4.69, 9.17) is 23.2 Å². The van der Waals surface area contributed by atoms with Crippen LogP contribution in [0, 0.1) is 0 Å². The highest BCUT2D eigenvalue weighted by Crippen LogP contribution is 2.30. The van der Waals surface area contributed by atoms with Crippen LogP contribution in [0.1, 0.15) is 24.2 Å². The van der Waals surface area contributed by atoms with Crippen LogP contribution in [0.5, 0.6) is 0 Å². The predicted molar refractivity (Wildman–Crippen MR) is 85.6 cm³/mol. The average Bonchev–Trinajstić information content (AvgIpc) is 2.41. The van der Waals surface area contributed by atoms with Crippen molar-refractivity contribution in [3.8, 4) is 0 Å². The Bertz CT molecular complexity index is 599. The first-order chi connectivity index (χ1) is 9.49. The van der Waals surface area contributed by atoms with Gasteiger partial charge in [0.15, 0.2) is 0 Å². The Labute approximate surface area is 129 Å². The van der Waals surface area contributed by atoms with E-state index in [0.29, 0.717) is 11.6 Å². The largest absolute Gasteiger partial charge is 0.389 e. The monoisotopic (exact) mass is 309 g/mol. The quantitative estimate of drug-likeness (QED) is 0.886. The molecular formula is C16H17Cl2NO. The molecule has 0 aliphatic carbocycles. The molecule has 0 spiro atoms. The van der Waals surface area contributed by atoms with Crippen LogP contribution >= 0.6 is 23.2 Å². The van der Waals surface area contributed by atoms with Crippen molar-refractivity contribution in [2.24, 2.45) is 0 Å². The van der Waals surface area contributed by atoms with Gasteiger partial charge >= 0.3 is 0 Å². The van der Waals surface area contributed by atoms with Crippen molar-refractivity contribution in [3.05, 3.63) is 63.6 Å². The van der Waals surface area contributed by atoms with Crippen molar-refractivity contribution in [2.45, 2.75) is 19.6 Å². The van der Waals surface area contributed by atoms with E-state index in [0.717, 1.165) is 21.8 Å². The summed E-state index contributed by atoms with van der Waals surface area (Å²) in [6.45, 7) is 2.40. The van der Waals surface area contributed by atoms with Crippen molar-refractivity contribution in [1.29, 1.82) is 0 Å². The molecule has 0 saturated heterocycles. The van der Waals surface area contributed by atoms with E-state index in [1.807, 2.05) is 48.3 Å². The van der Waals surface area contributed by atoms with E-state index >= 15 is 0 Å². The fourth-order valence-electron chi connectivity index (χ4n) is 2.06. The number of nitrogens with zero attached hydrogens (tertiary/aromatic N) is 1. The van der Waals surface area contributed by atoms with Crippen LogP contribution in [0.4, 0.5) is 5.69 Å². The summed E-state index contributed by atoms with van der Waals surface area (Å²) in [6.07, 6.45) is -0.518. The summed E-state index contributed by atoms with van der Waals surface area (Å²) >= 11 is 12.5. The van der Waals surface area contributed by atoms with Gasteiger partial charge in [-0.3, -0.25) is 0 Å². The third-order valence-corrected chi connectivity index (χ3v) is 3.90. The summed E-state index contributed by atoms with van der Waals surface area (Å²) in [6, 6.07) is 13.4. The molecule has 0 aliphatic rings. The van der Waals surface area contributed by atoms with Gasteiger partial charge in [-0.15, -0.1) is 0 Å². The van der Waals surface area contributed by atoms with Crippen molar-refractivity contribution in [2.75, 3.05) is 11.9 Å². The van der Waals surface area contributed by atoms with E-state index < -0.39 is 6.10 Å². The Hall–Kier alpha value is -1.22. The lowest BCUT2D eigenvalue weighted by molar-refractivity contribution is 0.199. The zero-order valence-electron chi connectivity index (χ0n) is 11.5. The van der Waals surface area contributed by atoms with Gasteiger partial charge in [0.1, 0.15) is 0 Å². The van der Waals surface area contributed by atoms with Crippen molar-refractivity contribution in [1.82, 2.24) is 0 Å². The van der Waals surface area contributed by atoms with E-state index in [-0.39, 0.29) is 0 Å². The molecule has 106 valence electrons. The summed E-state index contributed by atoms with van der Waals surface area (Å²) in [4.78, 5) is 2.04. The van der Waals surface area contributed by atoms with Gasteiger partial charge in [-0.2, -0.15) is 0 Å². The summed E-state index contributed by atoms with van der Waals surface area (Å²) in [5, 5.41) is 10.9. The Morgan fingerprint density at radius 3 is 2.40 bits per heavy atom. The highest BCUT2D eigenvalue weighted by atomic mass is 35.5. The van der Waals surface area contributed by atoms with Gasteiger partial charge in [-0.25, -0.2) is 0 Å². The van der Waals surface area contributed by atoms with Crippen molar-refractivity contribution in [3.63, 3.8) is 0 Å². The lowest BCUT2D eigenvalue weighted by Gasteiger charge is -2.22. The van der Waals surface area contributed by atoms with Crippen LogP contribution < -0.4 is 4.90 Å². The third-order valence-electron chi connectivity index (χ3n) is 3.23. The molecule has 2 nitrogen and oxygen atoms in total. The second kappa shape index (κ2) is 6.49. The number of aliphatic hydroxyl groups is 1. The van der Waals surface area contributed by atoms with Crippen LogP contribution in [-0.2, 0) is 6.54 Å². The lowest BCUT2D eigenvalue weighted by Crippen LogP contribution is -2.17. The number of benzene rings is 2. The van der Waals surface area contributed by atoms with Crippen LogP contribution in [-0.4, -0.2) is 12.2 Å². The van der Waals surface area contributed by atoms with Crippen molar-refractivity contribution < 1.29 is 5.11 Å². The Morgan fingerprint density at radius 1 is 1.10 bits per heavy atom. The average molecular weight is 310 g/mol. The minimum Gasteiger partial charge on any atom is -0.389 e. The Balaban J connectivity index is 2.21. The molecule has 2 aromatic rings. The molecule has 0 amide bonds. The first kappa shape index (κ1) is 15.2. The van der Waals surface area contributed by atoms with Crippen LogP contribution in [0.3, 0.4) is 0 Å². The van der Waals surface area contributed by atoms with Crippen LogP contribution in [0.15, 0.2) is 42.5 Å². The number of hydrogen-bond donors (Lipinski definition) is 1. The zero-order valence-corrected chi connectivity index (χ0v) is 13.0. The maximum absolute atomic E-state index is 9.56. The molecular weight excluding hydrogens is 293 g/mol. The van der Waals surface area contributed by atoms with Gasteiger partial charge in [0.05, 0.1) is 16.8 Å². The number of anilines is 1. The summed E-state index contributed by atoms with van der Waals surface area (Å²) in [5.74, 6) is 0. The number of hydrogen-bond acceptors (Lipinski definition) is 2. The fourth-order valence-corrected chi connectivity index (χ4v) is 2.59. The molecule has 0 unspecified atom stereocenters. The van der Waals surface area contributed by atoms with Crippen LogP contribution in [0.2, 0.25) is 10.0 Å². The highest BCUT2D eigenvalue weighted by Gasteiger charge is 2.10. The van der Waals surface area contributed by atoms with Gasteiger partial charge in [0, 0.05) is 18.6 Å². The highest BCUT2D eigenvalue weighted by molar-refractivity contribution is 6.33. The lowest BCUT2D eigenvalue weighted by atomic mass is 10.1. The third kappa shape index (κ3) is 3.45. The van der Waals surface area contributed by atoms with Gasteiger partial charge in [-0.1, -0.05) is 47.5 Å². The molecule has 0 radical (unpaired) electrons. The van der Waals surface area contributed by atoms with E-state index in [9.17, 15) is 5.11 Å². The Kier molecular flexibility index (Phi) is 4.92. The zero-order chi connectivity index (χ0) is 14.7. The molecule has 0 aromatic heterocycles. The SMILES string of the molecule is C[C@@H](O)c1ccc(N(C)Cc2ccccc2Cl)c(Cl)c1. The van der Waals surface area contributed by atoms with Crippen molar-refractivity contribution >= 4 is 28.9 Å². The van der Waals surface area contributed by atoms with Crippen LogP contribution in [0.25, 0.3) is 0 Å². The van der Waals surface area contributed by atoms with Gasteiger partial charge in [0.2, 0.25) is 0 Å². The molecule has 0 aliphatic heterocycles. The van der Waals surface area contributed by atoms with E-state index in [1.54, 1.807) is 13.0 Å². The molecule has 2 aromatic carbocycles. The molecule has 0 saturated carbocycles. The maximum Gasteiger partial charge on any atom is 0.0762 e. The minimum atomic E-state index is -0.518. The van der Waals surface area contributed by atoms with E-state index in [1.165, 1.54) is 0 Å². The Morgan fingerprint density at radius 2 is 1.80 bits per heavy atom. The summed E-state index contributed by atoms with van der Waals surface area (Å²) in [5.41, 5.74) is 2.77. The summed E-state index contributed by atoms with van der Waals surface area (Å²) < 4.78 is 0. The van der Waals surface area contributed by atoms with Gasteiger partial charge in [-0.05, 0) is 36.2 Å². The number of halogens is 2. The number of aliphatic hydroxyl groups excluding tert-OH is 1. The molecule has 4 heteroatoms. The smallest absolute Gasteiger partial charge is 0.0762 e. The second-order valence-electron chi connectivity index (χ2n) is 4.83. The first-order valence-corrected chi connectivity index (χ1v) is 7.16. The minimum absolute atomic E-state index is 0.518. The molecule has 1 atom stereocenters. The fraction of sp³-hybridized carbons (Fsp3) is 0.250. The predicted octanol–water partition coefficient (Wildman–Crippen LogP) is 4.68. The molecule has 0 heterocycles. The normalized spacial score (nSPS) is 12.2. The standard InChI is InChI=1S/C16H17Cl2NO/c1-11(20)12-7-8-16(15(18)9-12)19(2)10-13-5-3-4-6-14(13)17/h3-9,11,20H,10H2,1-2H3/t11-/m1/s1. The second-order valence-corrected chi connectivity index (χ2v) is 5.65. The van der Waals surface area contributed by atoms with Gasteiger partial charge < -0.3 is 10.0 Å². The summed E-state index contributed by atoms with van der Waals surface area (Å²) in [7, 11) is 1.96. The molecule has 0 bridgehead atoms. The molecule has 20 heavy (non-hydrogen) atoms. The topological polar surface area (TPSA) is 23.5 Å². The molecule has 0 fully saturated rings. The molecule has 1 N–H and O–H groups in total. The van der Waals surface area contributed by atoms with E-state index in [2.05, 4.69) is 0 Å². The maximum atomic E-state index is 9.56. The molecule has 2 rings (SSSR count). The van der Waals surface area contributed by atoms with Gasteiger partial charge in [0.25, 0.3) is 0 Å². The first-order valence-electron chi connectivity index (χ1n) is 6.41.